The number of hydrogen-bond donors (Lipinski definition) is 0. The third kappa shape index (κ3) is 2.73. The maximum atomic E-state index is 11.9. The summed E-state index contributed by atoms with van der Waals surface area (Å²) in [6.45, 7) is 0. The third-order valence-corrected chi connectivity index (χ3v) is 3.20. The third-order valence-electron chi connectivity index (χ3n) is 2.63. The normalized spacial score (nSPS) is 11.5. The summed E-state index contributed by atoms with van der Waals surface area (Å²) in [5.41, 5.74) is 1.39. The Bertz CT molecular complexity index is 776. The molecule has 0 aliphatic rings. The molecular formula is C15H10N2O2S. The Kier molecular flexibility index (Phi) is 3.52. The van der Waals surface area contributed by atoms with E-state index < -0.39 is 0 Å². The molecule has 20 heavy (non-hydrogen) atoms. The number of benzene rings is 2. The summed E-state index contributed by atoms with van der Waals surface area (Å²) in [4.78, 5) is 20.4. The predicted octanol–water partition coefficient (Wildman–Crippen LogP) is 3.14. The van der Waals surface area contributed by atoms with Crippen molar-refractivity contribution in [1.29, 1.82) is 0 Å². The summed E-state index contributed by atoms with van der Waals surface area (Å²) in [6, 6.07) is 18.4. The fourth-order valence-electron chi connectivity index (χ4n) is 1.67. The molecule has 0 spiro atoms. The number of rotatable bonds is 2. The highest BCUT2D eigenvalue weighted by atomic mass is 32.1. The lowest BCUT2D eigenvalue weighted by molar-refractivity contribution is 0.0998. The Morgan fingerprint density at radius 2 is 1.65 bits per heavy atom. The van der Waals surface area contributed by atoms with Gasteiger partial charge < -0.3 is 3.85 Å². The summed E-state index contributed by atoms with van der Waals surface area (Å²) in [5, 5.41) is 0. The van der Waals surface area contributed by atoms with Gasteiger partial charge >= 0.3 is 0 Å². The zero-order valence-corrected chi connectivity index (χ0v) is 11.2. The van der Waals surface area contributed by atoms with Crippen LogP contribution in [-0.4, -0.2) is 10.9 Å². The molecule has 1 heterocycles. The van der Waals surface area contributed by atoms with E-state index in [1.807, 2.05) is 36.4 Å². The molecule has 4 nitrogen and oxygen atoms in total. The molecule has 1 aromatic heterocycles. The van der Waals surface area contributed by atoms with Crippen LogP contribution in [-0.2, 0) is 0 Å². The van der Waals surface area contributed by atoms with Crippen LogP contribution < -0.4 is 4.80 Å². The zero-order chi connectivity index (χ0) is 13.8. The van der Waals surface area contributed by atoms with Crippen molar-refractivity contribution in [2.24, 2.45) is 4.99 Å². The van der Waals surface area contributed by atoms with Crippen LogP contribution in [0.4, 0.5) is 0 Å². The first kappa shape index (κ1) is 12.5. The summed E-state index contributed by atoms with van der Waals surface area (Å²) in [7, 11) is 0. The lowest BCUT2D eigenvalue weighted by Crippen LogP contribution is -2.05. The molecule has 0 bridgehead atoms. The number of aromatic nitrogens is 1. The van der Waals surface area contributed by atoms with E-state index in [4.69, 9.17) is 3.85 Å². The second-order valence-corrected chi connectivity index (χ2v) is 4.71. The molecule has 3 aromatic rings. The van der Waals surface area contributed by atoms with Gasteiger partial charge in [-0.25, -0.2) is 0 Å². The average Bonchev–Trinajstić information content (AvgIpc) is 2.97. The summed E-state index contributed by atoms with van der Waals surface area (Å²) >= 11 is 0.994. The van der Waals surface area contributed by atoms with Gasteiger partial charge in [-0.1, -0.05) is 36.4 Å². The van der Waals surface area contributed by atoms with Crippen molar-refractivity contribution in [2.75, 3.05) is 0 Å². The number of carbonyl (C=O) groups excluding carboxylic acids is 1. The fraction of sp³-hybridized carbons (Fsp3) is 0. The quantitative estimate of drug-likeness (QED) is 0.725. The van der Waals surface area contributed by atoms with E-state index in [0.29, 0.717) is 16.3 Å². The summed E-state index contributed by atoms with van der Waals surface area (Å²) < 4.78 is 5.37. The molecule has 3 rings (SSSR count). The zero-order valence-electron chi connectivity index (χ0n) is 10.4. The Morgan fingerprint density at radius 1 is 1.00 bits per heavy atom. The van der Waals surface area contributed by atoms with Crippen LogP contribution in [0.25, 0.3) is 11.5 Å². The molecule has 0 unspecified atom stereocenters. The van der Waals surface area contributed by atoms with Gasteiger partial charge in [-0.2, -0.15) is 9.98 Å². The van der Waals surface area contributed by atoms with Gasteiger partial charge in [-0.15, -0.1) is 0 Å². The highest BCUT2D eigenvalue weighted by Crippen LogP contribution is 2.15. The summed E-state index contributed by atoms with van der Waals surface area (Å²) in [6.07, 6.45) is 0. The van der Waals surface area contributed by atoms with Crippen LogP contribution >= 0.6 is 11.6 Å². The van der Waals surface area contributed by atoms with Crippen molar-refractivity contribution in [3.05, 3.63) is 71.0 Å². The molecule has 1 amide bonds. The minimum absolute atomic E-state index is 0.317. The fourth-order valence-corrected chi connectivity index (χ4v) is 2.20. The monoisotopic (exact) mass is 282 g/mol. The van der Waals surface area contributed by atoms with Gasteiger partial charge in [0, 0.05) is 11.1 Å². The van der Waals surface area contributed by atoms with Crippen molar-refractivity contribution < 1.29 is 8.64 Å². The van der Waals surface area contributed by atoms with Crippen LogP contribution in [0.15, 0.2) is 69.5 Å². The molecule has 0 saturated heterocycles. The van der Waals surface area contributed by atoms with Gasteiger partial charge in [0.1, 0.15) is 0 Å². The number of amides is 1. The Morgan fingerprint density at radius 3 is 2.35 bits per heavy atom. The lowest BCUT2D eigenvalue weighted by atomic mass is 10.2. The first-order valence-electron chi connectivity index (χ1n) is 5.99. The van der Waals surface area contributed by atoms with Crippen molar-refractivity contribution in [3.8, 4) is 11.5 Å². The van der Waals surface area contributed by atoms with E-state index in [-0.39, 0.29) is 5.91 Å². The molecule has 0 fully saturated rings. The van der Waals surface area contributed by atoms with Crippen molar-refractivity contribution >= 4 is 17.5 Å². The van der Waals surface area contributed by atoms with E-state index >= 15 is 0 Å². The van der Waals surface area contributed by atoms with E-state index in [0.717, 1.165) is 17.2 Å². The minimum Gasteiger partial charge on any atom is -0.377 e. The van der Waals surface area contributed by atoms with E-state index in [1.165, 1.54) is 0 Å². The second-order valence-electron chi connectivity index (χ2n) is 4.02. The molecule has 98 valence electrons. The average molecular weight is 282 g/mol. The molecule has 2 aromatic carbocycles. The molecule has 5 heteroatoms. The van der Waals surface area contributed by atoms with E-state index in [9.17, 15) is 4.79 Å². The van der Waals surface area contributed by atoms with Crippen molar-refractivity contribution in [3.63, 3.8) is 0 Å². The Hall–Kier alpha value is -2.53. The molecule has 0 aliphatic heterocycles. The highest BCUT2D eigenvalue weighted by Gasteiger charge is 2.06. The minimum atomic E-state index is -0.324. The van der Waals surface area contributed by atoms with Crippen molar-refractivity contribution in [2.45, 2.75) is 0 Å². The van der Waals surface area contributed by atoms with Crippen LogP contribution in [0.1, 0.15) is 10.4 Å². The number of hydrogen-bond acceptors (Lipinski definition) is 4. The van der Waals surface area contributed by atoms with Crippen LogP contribution in [0, 0.1) is 0 Å². The standard InChI is InChI=1S/C15H10N2O2S/c18-13(11-7-3-1-4-8-11)16-15-17-14(19-20-15)12-9-5-2-6-10-12/h1-10H. The van der Waals surface area contributed by atoms with Gasteiger partial charge in [0.25, 0.3) is 10.7 Å². The second kappa shape index (κ2) is 5.63. The molecule has 0 aliphatic carbocycles. The van der Waals surface area contributed by atoms with Crippen LogP contribution in [0.2, 0.25) is 0 Å². The van der Waals surface area contributed by atoms with Gasteiger partial charge in [0.05, 0.1) is 11.6 Å². The Labute approximate surface area is 119 Å². The van der Waals surface area contributed by atoms with Gasteiger partial charge in [-0.05, 0) is 24.3 Å². The van der Waals surface area contributed by atoms with Gasteiger partial charge in [0.2, 0.25) is 5.89 Å². The maximum absolute atomic E-state index is 11.9. The number of nitrogens with zero attached hydrogens (tertiary/aromatic N) is 2. The predicted molar refractivity (Wildman–Crippen MR) is 76.2 cm³/mol. The smallest absolute Gasteiger partial charge is 0.279 e. The maximum Gasteiger partial charge on any atom is 0.279 e. The molecule has 0 radical (unpaired) electrons. The van der Waals surface area contributed by atoms with E-state index in [1.54, 1.807) is 24.3 Å². The van der Waals surface area contributed by atoms with Crippen molar-refractivity contribution in [1.82, 2.24) is 4.98 Å². The molecule has 0 atom stereocenters. The molecule has 0 N–H and O–H groups in total. The molecule has 0 saturated carbocycles. The lowest BCUT2D eigenvalue weighted by Gasteiger charge is -1.91. The van der Waals surface area contributed by atoms with Gasteiger partial charge in [0.15, 0.2) is 0 Å². The van der Waals surface area contributed by atoms with E-state index in [2.05, 4.69) is 9.98 Å². The van der Waals surface area contributed by atoms with Gasteiger partial charge in [-0.3, -0.25) is 4.79 Å². The molecular weight excluding hydrogens is 272 g/mol. The van der Waals surface area contributed by atoms with Crippen LogP contribution in [0.5, 0.6) is 0 Å². The topological polar surface area (TPSA) is 55.5 Å². The summed E-state index contributed by atoms with van der Waals surface area (Å²) in [5.74, 6) is 0.143. The SMILES string of the molecule is O=C(N=c1nc(-c2ccccc2)os1)c1ccccc1. The highest BCUT2D eigenvalue weighted by molar-refractivity contribution is 7.00. The first-order valence-corrected chi connectivity index (χ1v) is 6.74. The largest absolute Gasteiger partial charge is 0.377 e. The first-order chi connectivity index (χ1) is 9.83. The number of carbonyl (C=O) groups is 1. The Balaban J connectivity index is 1.91. The van der Waals surface area contributed by atoms with Crippen LogP contribution in [0.3, 0.4) is 0 Å².